The molecule has 1 N–H and O–H groups in total. The van der Waals surface area contributed by atoms with Crippen LogP contribution in [0.1, 0.15) is 49.4 Å². The summed E-state index contributed by atoms with van der Waals surface area (Å²) < 4.78 is 5.57. The summed E-state index contributed by atoms with van der Waals surface area (Å²) in [7, 11) is 0. The van der Waals surface area contributed by atoms with Crippen molar-refractivity contribution in [3.63, 3.8) is 0 Å². The Bertz CT molecular complexity index is 464. The van der Waals surface area contributed by atoms with Crippen molar-refractivity contribution in [3.8, 4) is 5.75 Å². The van der Waals surface area contributed by atoms with E-state index in [0.29, 0.717) is 22.9 Å². The highest BCUT2D eigenvalue weighted by atomic mass is 79.9. The van der Waals surface area contributed by atoms with Crippen molar-refractivity contribution in [2.45, 2.75) is 43.9 Å². The highest BCUT2D eigenvalue weighted by molar-refractivity contribution is 9.09. The van der Waals surface area contributed by atoms with Crippen molar-refractivity contribution >= 4 is 21.8 Å². The first kappa shape index (κ1) is 16.3. The molecule has 0 heterocycles. The molecule has 1 aliphatic rings. The van der Waals surface area contributed by atoms with Gasteiger partial charge in [0.1, 0.15) is 5.75 Å². The molecule has 3 nitrogen and oxygen atoms in total. The number of nitrogens with one attached hydrogen (secondary N) is 1. The Morgan fingerprint density at radius 2 is 2.19 bits per heavy atom. The third kappa shape index (κ3) is 5.03. The summed E-state index contributed by atoms with van der Waals surface area (Å²) >= 11 is 3.73. The summed E-state index contributed by atoms with van der Waals surface area (Å²) in [6, 6.07) is 7.41. The quantitative estimate of drug-likeness (QED) is 0.779. The molecule has 0 bridgehead atoms. The number of rotatable bonds is 6. The number of halogens is 1. The van der Waals surface area contributed by atoms with E-state index in [9.17, 15) is 4.79 Å². The van der Waals surface area contributed by atoms with Crippen molar-refractivity contribution in [3.05, 3.63) is 29.8 Å². The average Bonchev–Trinajstić information content (AvgIpc) is 2.52. The van der Waals surface area contributed by atoms with Crippen LogP contribution in [0.15, 0.2) is 24.3 Å². The maximum absolute atomic E-state index is 12.2. The Balaban J connectivity index is 1.87. The second kappa shape index (κ2) is 8.42. The van der Waals surface area contributed by atoms with Gasteiger partial charge in [0.25, 0.3) is 5.91 Å². The van der Waals surface area contributed by atoms with E-state index in [1.165, 1.54) is 25.7 Å². The largest absolute Gasteiger partial charge is 0.494 e. The van der Waals surface area contributed by atoms with Gasteiger partial charge in [0.2, 0.25) is 0 Å². The second-order valence-corrected chi connectivity index (χ2v) is 6.82. The lowest BCUT2D eigenvalue weighted by atomic mass is 9.89. The molecule has 2 atom stereocenters. The number of hydrogen-bond acceptors (Lipinski definition) is 2. The monoisotopic (exact) mass is 353 g/mol. The molecule has 2 rings (SSSR count). The molecule has 0 spiro atoms. The molecular formula is C17H24BrNO2. The molecule has 0 aromatic heterocycles. The Morgan fingerprint density at radius 3 is 2.95 bits per heavy atom. The van der Waals surface area contributed by atoms with E-state index in [2.05, 4.69) is 28.2 Å². The van der Waals surface area contributed by atoms with E-state index in [0.717, 1.165) is 18.7 Å². The van der Waals surface area contributed by atoms with Gasteiger partial charge in [-0.25, -0.2) is 0 Å². The van der Waals surface area contributed by atoms with Crippen LogP contribution in [0, 0.1) is 5.92 Å². The van der Waals surface area contributed by atoms with Gasteiger partial charge < -0.3 is 10.1 Å². The minimum atomic E-state index is -0.0118. The van der Waals surface area contributed by atoms with Crippen LogP contribution >= 0.6 is 15.9 Å². The van der Waals surface area contributed by atoms with Crippen LogP contribution in [0.3, 0.4) is 0 Å². The highest BCUT2D eigenvalue weighted by Crippen LogP contribution is 2.29. The van der Waals surface area contributed by atoms with Gasteiger partial charge in [-0.2, -0.15) is 0 Å². The molecule has 0 aliphatic heterocycles. The summed E-state index contributed by atoms with van der Waals surface area (Å²) in [5, 5.41) is 3.06. The van der Waals surface area contributed by atoms with Crippen LogP contribution < -0.4 is 10.1 Å². The number of benzene rings is 1. The molecule has 21 heavy (non-hydrogen) atoms. The summed E-state index contributed by atoms with van der Waals surface area (Å²) in [6.45, 7) is 3.49. The molecular weight excluding hydrogens is 330 g/mol. The van der Waals surface area contributed by atoms with Crippen LogP contribution in [0.5, 0.6) is 5.75 Å². The zero-order valence-electron chi connectivity index (χ0n) is 12.6. The standard InChI is InChI=1S/C17H24BrNO2/c1-2-10-21-15-8-5-7-13(11-15)17(20)19-12-14-6-3-4-9-16(14)18/h5,7-8,11,14,16H,2-4,6,9-10,12H2,1H3,(H,19,20). The van der Waals surface area contributed by atoms with Crippen molar-refractivity contribution in [2.24, 2.45) is 5.92 Å². The Hall–Kier alpha value is -1.03. The predicted octanol–water partition coefficient (Wildman–Crippen LogP) is 4.16. The molecule has 2 unspecified atom stereocenters. The molecule has 1 aromatic rings. The van der Waals surface area contributed by atoms with Crippen LogP contribution in [-0.2, 0) is 0 Å². The smallest absolute Gasteiger partial charge is 0.251 e. The fourth-order valence-electron chi connectivity index (χ4n) is 2.67. The van der Waals surface area contributed by atoms with Crippen LogP contribution in [-0.4, -0.2) is 23.9 Å². The zero-order valence-corrected chi connectivity index (χ0v) is 14.2. The first-order valence-corrected chi connectivity index (χ1v) is 8.77. The Labute approximate surface area is 135 Å². The maximum atomic E-state index is 12.2. The number of hydrogen-bond donors (Lipinski definition) is 1. The number of amides is 1. The minimum Gasteiger partial charge on any atom is -0.494 e. The van der Waals surface area contributed by atoms with E-state index >= 15 is 0 Å². The summed E-state index contributed by atoms with van der Waals surface area (Å²) in [5.41, 5.74) is 0.672. The predicted molar refractivity (Wildman–Crippen MR) is 89.2 cm³/mol. The summed E-state index contributed by atoms with van der Waals surface area (Å²) in [4.78, 5) is 12.8. The minimum absolute atomic E-state index is 0.0118. The molecule has 116 valence electrons. The van der Waals surface area contributed by atoms with Crippen molar-refractivity contribution < 1.29 is 9.53 Å². The fourth-order valence-corrected chi connectivity index (χ4v) is 3.44. The molecule has 1 aromatic carbocycles. The van der Waals surface area contributed by atoms with Crippen LogP contribution in [0.2, 0.25) is 0 Å². The normalized spacial score (nSPS) is 21.8. The van der Waals surface area contributed by atoms with E-state index in [-0.39, 0.29) is 5.91 Å². The van der Waals surface area contributed by atoms with E-state index in [1.54, 1.807) is 0 Å². The molecule has 0 saturated heterocycles. The molecule has 0 radical (unpaired) electrons. The van der Waals surface area contributed by atoms with Gasteiger partial charge in [-0.05, 0) is 43.4 Å². The lowest BCUT2D eigenvalue weighted by Crippen LogP contribution is -2.34. The van der Waals surface area contributed by atoms with Crippen LogP contribution in [0.4, 0.5) is 0 Å². The Morgan fingerprint density at radius 1 is 1.38 bits per heavy atom. The number of carbonyl (C=O) groups excluding carboxylic acids is 1. The Kier molecular flexibility index (Phi) is 6.55. The van der Waals surface area contributed by atoms with Gasteiger partial charge in [-0.3, -0.25) is 4.79 Å². The third-order valence-corrected chi connectivity index (χ3v) is 5.12. The van der Waals surface area contributed by atoms with Gasteiger partial charge in [0.05, 0.1) is 6.61 Å². The SMILES string of the molecule is CCCOc1cccc(C(=O)NCC2CCCCC2Br)c1. The molecule has 1 fully saturated rings. The lowest BCUT2D eigenvalue weighted by molar-refractivity contribution is 0.0944. The van der Waals surface area contributed by atoms with E-state index in [4.69, 9.17) is 4.74 Å². The number of carbonyl (C=O) groups is 1. The topological polar surface area (TPSA) is 38.3 Å². The first-order chi connectivity index (χ1) is 10.2. The first-order valence-electron chi connectivity index (χ1n) is 7.86. The molecule has 1 saturated carbocycles. The molecule has 1 aliphatic carbocycles. The van der Waals surface area contributed by atoms with Gasteiger partial charge in [0.15, 0.2) is 0 Å². The summed E-state index contributed by atoms with van der Waals surface area (Å²) in [5.74, 6) is 1.30. The zero-order chi connectivity index (χ0) is 15.1. The summed E-state index contributed by atoms with van der Waals surface area (Å²) in [6.07, 6.45) is 5.92. The second-order valence-electron chi connectivity index (χ2n) is 5.65. The maximum Gasteiger partial charge on any atom is 0.251 e. The number of alkyl halides is 1. The van der Waals surface area contributed by atoms with E-state index in [1.807, 2.05) is 24.3 Å². The molecule has 1 amide bonds. The van der Waals surface area contributed by atoms with Crippen molar-refractivity contribution in [1.29, 1.82) is 0 Å². The van der Waals surface area contributed by atoms with Gasteiger partial charge in [0, 0.05) is 16.9 Å². The lowest BCUT2D eigenvalue weighted by Gasteiger charge is -2.27. The molecule has 4 heteroatoms. The van der Waals surface area contributed by atoms with Gasteiger partial charge in [-0.1, -0.05) is 41.8 Å². The van der Waals surface area contributed by atoms with Gasteiger partial charge >= 0.3 is 0 Å². The number of ether oxygens (including phenoxy) is 1. The van der Waals surface area contributed by atoms with Crippen LogP contribution in [0.25, 0.3) is 0 Å². The third-order valence-electron chi connectivity index (χ3n) is 3.91. The fraction of sp³-hybridized carbons (Fsp3) is 0.588. The van der Waals surface area contributed by atoms with Crippen molar-refractivity contribution in [2.75, 3.05) is 13.2 Å². The van der Waals surface area contributed by atoms with Crippen molar-refractivity contribution in [1.82, 2.24) is 5.32 Å². The van der Waals surface area contributed by atoms with E-state index < -0.39 is 0 Å². The van der Waals surface area contributed by atoms with Gasteiger partial charge in [-0.15, -0.1) is 0 Å². The average molecular weight is 354 g/mol. The highest BCUT2D eigenvalue weighted by Gasteiger charge is 2.23.